The molecule has 2 aliphatic heterocycles. The summed E-state index contributed by atoms with van der Waals surface area (Å²) in [7, 11) is -4.66. The van der Waals surface area contributed by atoms with Crippen molar-refractivity contribution >= 4 is 62.9 Å². The summed E-state index contributed by atoms with van der Waals surface area (Å²) in [6, 6.07) is 4.30. The molecule has 0 saturated carbocycles. The van der Waals surface area contributed by atoms with Crippen LogP contribution in [0.4, 0.5) is 5.69 Å². The van der Waals surface area contributed by atoms with Gasteiger partial charge in [0.15, 0.2) is 0 Å². The number of anilines is 1. The van der Waals surface area contributed by atoms with Crippen LogP contribution in [0.25, 0.3) is 0 Å². The molecule has 8 N–H and O–H groups in total. The Morgan fingerprint density at radius 1 is 0.737 bits per heavy atom. The lowest BCUT2D eigenvalue weighted by molar-refractivity contribution is -0.277. The van der Waals surface area contributed by atoms with Crippen LogP contribution in [0.1, 0.15) is 64.9 Å². The number of aliphatic hydroxyl groups excluding tert-OH is 4. The molecule has 0 radical (unpaired) electrons. The van der Waals surface area contributed by atoms with E-state index >= 15 is 0 Å². The summed E-state index contributed by atoms with van der Waals surface area (Å²) in [6.07, 6.45) is -5.79. The molecular formula is C48H72N4O23S. The molecule has 0 spiro atoms. The Kier molecular flexibility index (Phi) is 28.8. The lowest BCUT2D eigenvalue weighted by atomic mass is 9.97. The van der Waals surface area contributed by atoms with Gasteiger partial charge in [-0.1, -0.05) is 6.07 Å². The minimum Gasteiger partial charge on any atom is -0.460 e. The molecule has 0 aromatic heterocycles. The number of Topliss-reactive ketones (excluding diaryl/α,β-unsaturated/α-hetero) is 2. The smallest absolute Gasteiger partial charge is 0.311 e. The number of nitrogens with one attached hydrogen (secondary N) is 3. The number of ketones is 2. The molecule has 1 aromatic rings. The summed E-state index contributed by atoms with van der Waals surface area (Å²) in [5.41, 5.74) is -0.357. The Morgan fingerprint density at radius 3 is 1.99 bits per heavy atom. The average molecular weight is 1110 g/mol. The topological polar surface area (TPSA) is 385 Å². The van der Waals surface area contributed by atoms with Crippen molar-refractivity contribution < 1.29 is 110 Å². The van der Waals surface area contributed by atoms with Crippen molar-refractivity contribution in [1.82, 2.24) is 15.5 Å². The summed E-state index contributed by atoms with van der Waals surface area (Å²) in [6.45, 7) is 4.78. The van der Waals surface area contributed by atoms with E-state index in [0.717, 1.165) is 4.90 Å². The first kappa shape index (κ1) is 64.9. The molecule has 27 nitrogen and oxygen atoms in total. The second kappa shape index (κ2) is 33.7. The third-order valence-electron chi connectivity index (χ3n) is 11.0. The molecule has 0 unspecified atom stereocenters. The minimum atomic E-state index is -4.66. The van der Waals surface area contributed by atoms with Crippen LogP contribution in [-0.4, -0.2) is 214 Å². The fourth-order valence-electron chi connectivity index (χ4n) is 6.85. The number of esters is 1. The number of hydrogen-bond acceptors (Lipinski definition) is 22. The van der Waals surface area contributed by atoms with Crippen LogP contribution in [0.15, 0.2) is 30.4 Å². The first-order chi connectivity index (χ1) is 36.0. The number of aliphatic hydroxyl groups is 4. The van der Waals surface area contributed by atoms with Gasteiger partial charge in [0, 0.05) is 70.5 Å². The number of nitrogens with zero attached hydrogens (tertiary/aromatic N) is 1. The normalized spacial score (nSPS) is 19.1. The van der Waals surface area contributed by atoms with Gasteiger partial charge in [0.2, 0.25) is 24.0 Å². The van der Waals surface area contributed by atoms with E-state index in [1.807, 2.05) is 0 Å². The van der Waals surface area contributed by atoms with Crippen LogP contribution >= 0.6 is 0 Å². The number of hydrogen-bond donors (Lipinski definition) is 8. The first-order valence-corrected chi connectivity index (χ1v) is 26.1. The van der Waals surface area contributed by atoms with Gasteiger partial charge in [-0.15, -0.1) is 0 Å². The molecule has 2 heterocycles. The molecular weight excluding hydrogens is 1030 g/mol. The summed E-state index contributed by atoms with van der Waals surface area (Å²) >= 11 is 0. The Hall–Kier alpha value is -5.37. The molecule has 2 aliphatic rings. The van der Waals surface area contributed by atoms with Gasteiger partial charge >= 0.3 is 5.97 Å². The van der Waals surface area contributed by atoms with Crippen molar-refractivity contribution in [1.29, 1.82) is 0 Å². The number of carbonyl (C=O) groups excluding carboxylic acids is 8. The zero-order valence-corrected chi connectivity index (χ0v) is 43.7. The molecule has 28 heteroatoms. The summed E-state index contributed by atoms with van der Waals surface area (Å²) < 4.78 is 76.1. The summed E-state index contributed by atoms with van der Waals surface area (Å²) in [5.74, 6) is -6.59. The van der Waals surface area contributed by atoms with E-state index < -0.39 is 119 Å². The molecule has 6 atom stereocenters. The minimum absolute atomic E-state index is 0.0192. The highest BCUT2D eigenvalue weighted by molar-refractivity contribution is 7.85. The molecule has 5 amide bonds. The van der Waals surface area contributed by atoms with Crippen molar-refractivity contribution in [2.75, 3.05) is 103 Å². The quantitative estimate of drug-likeness (QED) is 0.0155. The number of benzene rings is 1. The summed E-state index contributed by atoms with van der Waals surface area (Å²) in [5, 5.41) is 47.9. The predicted octanol–water partition coefficient (Wildman–Crippen LogP) is -1.88. The zero-order chi connectivity index (χ0) is 56.3. The van der Waals surface area contributed by atoms with E-state index in [4.69, 9.17) is 37.9 Å². The van der Waals surface area contributed by atoms with Gasteiger partial charge in [-0.05, 0) is 44.9 Å². The van der Waals surface area contributed by atoms with E-state index in [1.165, 1.54) is 30.4 Å². The van der Waals surface area contributed by atoms with Crippen LogP contribution in [0.3, 0.4) is 0 Å². The van der Waals surface area contributed by atoms with Gasteiger partial charge in [0.25, 0.3) is 21.9 Å². The molecule has 3 rings (SSSR count). The second-order valence-corrected chi connectivity index (χ2v) is 19.9. The van der Waals surface area contributed by atoms with Crippen LogP contribution < -0.4 is 20.7 Å². The maximum absolute atomic E-state index is 13.0. The molecule has 1 fully saturated rings. The summed E-state index contributed by atoms with van der Waals surface area (Å²) in [4.78, 5) is 99.3. The van der Waals surface area contributed by atoms with Crippen molar-refractivity contribution in [2.24, 2.45) is 11.3 Å². The molecule has 76 heavy (non-hydrogen) atoms. The Bertz CT molecular complexity index is 2200. The van der Waals surface area contributed by atoms with Gasteiger partial charge in [0.05, 0.1) is 82.2 Å². The van der Waals surface area contributed by atoms with Crippen LogP contribution in [0.2, 0.25) is 0 Å². The molecule has 0 aliphatic carbocycles. The van der Waals surface area contributed by atoms with Gasteiger partial charge < -0.3 is 74.3 Å². The monoisotopic (exact) mass is 1100 g/mol. The second-order valence-electron chi connectivity index (χ2n) is 18.4. The Balaban J connectivity index is 1.27. The van der Waals surface area contributed by atoms with Crippen molar-refractivity contribution in [2.45, 2.75) is 96.6 Å². The number of amides is 5. The highest BCUT2D eigenvalue weighted by Crippen LogP contribution is 2.31. The number of carbonyl (C=O) groups is 8. The van der Waals surface area contributed by atoms with Crippen LogP contribution in [-0.2, 0) is 88.2 Å². The maximum atomic E-state index is 13.0. The molecule has 428 valence electrons. The van der Waals surface area contributed by atoms with E-state index in [2.05, 4.69) is 16.0 Å². The zero-order valence-electron chi connectivity index (χ0n) is 42.8. The fourth-order valence-corrected chi connectivity index (χ4v) is 7.63. The first-order valence-electron chi connectivity index (χ1n) is 24.5. The van der Waals surface area contributed by atoms with E-state index in [1.54, 1.807) is 20.8 Å². The van der Waals surface area contributed by atoms with Crippen LogP contribution in [0, 0.1) is 11.3 Å². The largest absolute Gasteiger partial charge is 0.460 e. The Labute approximate surface area is 439 Å². The third-order valence-corrected chi connectivity index (χ3v) is 11.8. The van der Waals surface area contributed by atoms with Crippen molar-refractivity contribution in [3.05, 3.63) is 35.9 Å². The van der Waals surface area contributed by atoms with Crippen LogP contribution in [0.5, 0.6) is 5.75 Å². The van der Waals surface area contributed by atoms with Gasteiger partial charge in [-0.2, -0.15) is 8.42 Å². The van der Waals surface area contributed by atoms with E-state index in [9.17, 15) is 71.8 Å². The fraction of sp³-hybridized carbons (Fsp3) is 0.667. The Morgan fingerprint density at radius 2 is 1.37 bits per heavy atom. The lowest BCUT2D eigenvalue weighted by Gasteiger charge is -2.39. The van der Waals surface area contributed by atoms with Gasteiger partial charge in [-0.3, -0.25) is 47.8 Å². The van der Waals surface area contributed by atoms with Crippen molar-refractivity contribution in [3.63, 3.8) is 0 Å². The van der Waals surface area contributed by atoms with E-state index in [-0.39, 0.29) is 109 Å². The average Bonchev–Trinajstić information content (AvgIpc) is 3.68. The highest BCUT2D eigenvalue weighted by Gasteiger charge is 2.45. The molecule has 1 aromatic carbocycles. The SMILES string of the molecule is CC(C)(C)C(=O)OCc1ccc(O[C@@H]2O[C@H](CO)[C@H](O)[C@H](O)[C@H]2O)c(NC(=O)CCNC(=O)COCCNC(=O)[C@H](CC(=O)CCOCCOCCOCCOCCCC(=O)CCN2C(=O)C=CC2=O)CS(=O)(=O)O)c1. The lowest BCUT2D eigenvalue weighted by Crippen LogP contribution is -2.60. The third kappa shape index (κ3) is 25.2. The molecule has 0 bridgehead atoms. The van der Waals surface area contributed by atoms with Gasteiger partial charge in [0.1, 0.15) is 54.9 Å². The van der Waals surface area contributed by atoms with Gasteiger partial charge in [-0.25, -0.2) is 0 Å². The number of rotatable bonds is 38. The number of imide groups is 1. The maximum Gasteiger partial charge on any atom is 0.311 e. The van der Waals surface area contributed by atoms with E-state index in [0.29, 0.717) is 31.8 Å². The number of ether oxygens (including phenoxy) is 8. The predicted molar refractivity (Wildman–Crippen MR) is 262 cm³/mol. The molecule has 1 saturated heterocycles. The highest BCUT2D eigenvalue weighted by atomic mass is 32.2. The van der Waals surface area contributed by atoms with Crippen molar-refractivity contribution in [3.8, 4) is 5.75 Å². The standard InChI is InChI=1S/C48H72N4O23S/c1-48(2,3)47(64)73-28-31-6-7-36(74-46-44(62)43(61)42(60)37(27-53)75-46)35(25-31)51-38(56)10-13-49-39(57)29-72-18-14-50-45(63)32(30-76(65,66)67)26-34(55)12-17-69-20-22-71-24-23-70-21-19-68-16-4-5-33(54)11-15-52-40(58)8-9-41(52)59/h6-9,25,32,37,42-44,46,53,60-62H,4-5,10-24,26-30H2,1-3H3,(H,49,57)(H,50,63)(H,51,56)(H,65,66,67)/t32-,37-,42+,43+,44-,46-/m1/s1.